The van der Waals surface area contributed by atoms with E-state index in [2.05, 4.69) is 6.58 Å². The summed E-state index contributed by atoms with van der Waals surface area (Å²) < 4.78 is 0. The largest absolute Gasteiger partial charge is 0.478 e. The molecule has 0 bridgehead atoms. The van der Waals surface area contributed by atoms with Crippen LogP contribution in [0.3, 0.4) is 0 Å². The minimum Gasteiger partial charge on any atom is -0.478 e. The standard InChI is InChI=1S/C8H11NO3/c1-3-6-9(2)7(10)4-5-8(11)12/h3-5H,1,6H2,2H3,(H,11,12)/b5-4+. The molecule has 0 fully saturated rings. The predicted octanol–water partition coefficient (Wildman–Crippen LogP) is 0.272. The fourth-order valence-electron chi connectivity index (χ4n) is 0.553. The van der Waals surface area contributed by atoms with Gasteiger partial charge < -0.3 is 10.0 Å². The number of nitrogens with zero attached hydrogens (tertiary/aromatic N) is 1. The SMILES string of the molecule is C=CCN(C)C(=O)/C=C/C(=O)O. The fourth-order valence-corrected chi connectivity index (χ4v) is 0.553. The Labute approximate surface area is 70.8 Å². The van der Waals surface area contributed by atoms with Gasteiger partial charge in [0, 0.05) is 25.7 Å². The first kappa shape index (κ1) is 10.4. The first-order valence-corrected chi connectivity index (χ1v) is 3.35. The van der Waals surface area contributed by atoms with Crippen molar-refractivity contribution >= 4 is 11.9 Å². The zero-order valence-electron chi connectivity index (χ0n) is 6.86. The third-order valence-corrected chi connectivity index (χ3v) is 1.15. The van der Waals surface area contributed by atoms with E-state index >= 15 is 0 Å². The Hall–Kier alpha value is -1.58. The van der Waals surface area contributed by atoms with Crippen LogP contribution in [0, 0.1) is 0 Å². The molecular weight excluding hydrogens is 158 g/mol. The lowest BCUT2D eigenvalue weighted by Crippen LogP contribution is -2.24. The van der Waals surface area contributed by atoms with Gasteiger partial charge in [0.25, 0.3) is 0 Å². The van der Waals surface area contributed by atoms with Crippen molar-refractivity contribution in [2.45, 2.75) is 0 Å². The second-order valence-electron chi connectivity index (χ2n) is 2.18. The molecule has 4 heteroatoms. The van der Waals surface area contributed by atoms with Gasteiger partial charge in [-0.1, -0.05) is 6.08 Å². The van der Waals surface area contributed by atoms with Gasteiger partial charge in [0.15, 0.2) is 0 Å². The molecule has 0 aromatic rings. The molecule has 0 saturated heterocycles. The Morgan fingerprint density at radius 3 is 2.50 bits per heavy atom. The molecule has 0 atom stereocenters. The van der Waals surface area contributed by atoms with Crippen LogP contribution in [-0.4, -0.2) is 35.5 Å². The lowest BCUT2D eigenvalue weighted by molar-refractivity contribution is -0.132. The summed E-state index contributed by atoms with van der Waals surface area (Å²) in [5, 5.41) is 8.20. The minimum atomic E-state index is -1.13. The maximum absolute atomic E-state index is 11.0. The lowest BCUT2D eigenvalue weighted by atomic mass is 10.4. The van der Waals surface area contributed by atoms with Crippen molar-refractivity contribution in [3.63, 3.8) is 0 Å². The predicted molar refractivity (Wildman–Crippen MR) is 44.6 cm³/mol. The lowest BCUT2D eigenvalue weighted by Gasteiger charge is -2.10. The molecule has 12 heavy (non-hydrogen) atoms. The summed E-state index contributed by atoms with van der Waals surface area (Å²) >= 11 is 0. The smallest absolute Gasteiger partial charge is 0.328 e. The topological polar surface area (TPSA) is 57.6 Å². The van der Waals surface area contributed by atoms with Gasteiger partial charge in [0.2, 0.25) is 5.91 Å². The van der Waals surface area contributed by atoms with Crippen LogP contribution in [0.15, 0.2) is 24.8 Å². The van der Waals surface area contributed by atoms with E-state index < -0.39 is 5.97 Å². The van der Waals surface area contributed by atoms with Gasteiger partial charge >= 0.3 is 5.97 Å². The molecule has 0 radical (unpaired) electrons. The number of likely N-dealkylation sites (N-methyl/N-ethyl adjacent to an activating group) is 1. The van der Waals surface area contributed by atoms with Crippen molar-refractivity contribution in [2.75, 3.05) is 13.6 Å². The van der Waals surface area contributed by atoms with Gasteiger partial charge in [-0.25, -0.2) is 4.79 Å². The Balaban J connectivity index is 4.02. The average molecular weight is 169 g/mol. The van der Waals surface area contributed by atoms with E-state index in [1.165, 1.54) is 4.90 Å². The number of hydrogen-bond acceptors (Lipinski definition) is 2. The van der Waals surface area contributed by atoms with Gasteiger partial charge in [0.1, 0.15) is 0 Å². The number of carboxylic acids is 1. The minimum absolute atomic E-state index is 0.350. The van der Waals surface area contributed by atoms with Crippen molar-refractivity contribution in [2.24, 2.45) is 0 Å². The van der Waals surface area contributed by atoms with Gasteiger partial charge in [-0.2, -0.15) is 0 Å². The molecule has 0 saturated carbocycles. The van der Waals surface area contributed by atoms with Crippen LogP contribution >= 0.6 is 0 Å². The van der Waals surface area contributed by atoms with Crippen LogP contribution in [0.1, 0.15) is 0 Å². The van der Waals surface area contributed by atoms with E-state index in [0.29, 0.717) is 6.54 Å². The second-order valence-corrected chi connectivity index (χ2v) is 2.18. The third kappa shape index (κ3) is 4.27. The summed E-state index contributed by atoms with van der Waals surface area (Å²) in [6, 6.07) is 0. The maximum Gasteiger partial charge on any atom is 0.328 e. The highest BCUT2D eigenvalue weighted by molar-refractivity contribution is 5.93. The van der Waals surface area contributed by atoms with Crippen molar-refractivity contribution in [3.8, 4) is 0 Å². The molecule has 66 valence electrons. The third-order valence-electron chi connectivity index (χ3n) is 1.15. The van der Waals surface area contributed by atoms with E-state index in [1.54, 1.807) is 13.1 Å². The fraction of sp³-hybridized carbons (Fsp3) is 0.250. The summed E-state index contributed by atoms with van der Waals surface area (Å²) in [7, 11) is 1.57. The number of rotatable bonds is 4. The molecule has 0 aliphatic heterocycles. The van der Waals surface area contributed by atoms with Crippen LogP contribution in [0.25, 0.3) is 0 Å². The monoisotopic (exact) mass is 169 g/mol. The van der Waals surface area contributed by atoms with Crippen molar-refractivity contribution in [1.29, 1.82) is 0 Å². The molecule has 0 aromatic carbocycles. The number of carboxylic acid groups (broad SMARTS) is 1. The molecule has 0 heterocycles. The molecule has 1 N–H and O–H groups in total. The quantitative estimate of drug-likeness (QED) is 0.485. The van der Waals surface area contributed by atoms with Crippen LogP contribution < -0.4 is 0 Å². The van der Waals surface area contributed by atoms with Crippen molar-refractivity contribution in [1.82, 2.24) is 4.90 Å². The highest BCUT2D eigenvalue weighted by Crippen LogP contribution is 1.86. The van der Waals surface area contributed by atoms with Crippen LogP contribution in [0.2, 0.25) is 0 Å². The Kier molecular flexibility index (Phi) is 4.45. The van der Waals surface area contributed by atoms with Crippen LogP contribution in [-0.2, 0) is 9.59 Å². The molecule has 0 aromatic heterocycles. The number of carbonyl (C=O) groups is 2. The zero-order valence-corrected chi connectivity index (χ0v) is 6.86. The number of aliphatic carboxylic acids is 1. The highest BCUT2D eigenvalue weighted by Gasteiger charge is 2.01. The number of carbonyl (C=O) groups excluding carboxylic acids is 1. The zero-order chi connectivity index (χ0) is 9.56. The maximum atomic E-state index is 11.0. The molecule has 0 rings (SSSR count). The van der Waals surface area contributed by atoms with Crippen LogP contribution in [0.5, 0.6) is 0 Å². The summed E-state index contributed by atoms with van der Waals surface area (Å²) in [6.07, 6.45) is 3.38. The molecule has 4 nitrogen and oxygen atoms in total. The molecule has 0 aliphatic rings. The van der Waals surface area contributed by atoms with Gasteiger partial charge in [-0.15, -0.1) is 6.58 Å². The number of amides is 1. The van der Waals surface area contributed by atoms with E-state index in [4.69, 9.17) is 5.11 Å². The first-order valence-electron chi connectivity index (χ1n) is 3.35. The van der Waals surface area contributed by atoms with E-state index in [1.807, 2.05) is 0 Å². The van der Waals surface area contributed by atoms with E-state index in [-0.39, 0.29) is 5.91 Å². The average Bonchev–Trinajstić information content (AvgIpc) is 2.00. The van der Waals surface area contributed by atoms with Crippen molar-refractivity contribution < 1.29 is 14.7 Å². The van der Waals surface area contributed by atoms with E-state index in [9.17, 15) is 9.59 Å². The summed E-state index contributed by atoms with van der Waals surface area (Å²) in [4.78, 5) is 22.3. The molecular formula is C8H11NO3. The van der Waals surface area contributed by atoms with Gasteiger partial charge in [-0.3, -0.25) is 4.79 Å². The van der Waals surface area contributed by atoms with Gasteiger partial charge in [0.05, 0.1) is 0 Å². The highest BCUT2D eigenvalue weighted by atomic mass is 16.4. The number of hydrogen-bond donors (Lipinski definition) is 1. The molecule has 1 amide bonds. The summed E-state index contributed by atoms with van der Waals surface area (Å²) in [5.74, 6) is -1.48. The van der Waals surface area contributed by atoms with E-state index in [0.717, 1.165) is 12.2 Å². The van der Waals surface area contributed by atoms with Gasteiger partial charge in [-0.05, 0) is 0 Å². The normalized spacial score (nSPS) is 9.75. The Morgan fingerprint density at radius 2 is 2.08 bits per heavy atom. The summed E-state index contributed by atoms with van der Waals surface area (Å²) in [5.41, 5.74) is 0. The molecule has 0 spiro atoms. The van der Waals surface area contributed by atoms with Crippen molar-refractivity contribution in [3.05, 3.63) is 24.8 Å². The molecule has 0 unspecified atom stereocenters. The summed E-state index contributed by atoms with van der Waals surface area (Å²) in [6.45, 7) is 3.85. The van der Waals surface area contributed by atoms with Crippen LogP contribution in [0.4, 0.5) is 0 Å². The molecule has 0 aliphatic carbocycles. The first-order chi connectivity index (χ1) is 5.57. The Morgan fingerprint density at radius 1 is 1.50 bits per heavy atom. The Bertz CT molecular complexity index is 220. The second kappa shape index (κ2) is 5.12.